The summed E-state index contributed by atoms with van der Waals surface area (Å²) in [6, 6.07) is 0.144. The van der Waals surface area contributed by atoms with Crippen molar-refractivity contribution in [3.8, 4) is 0 Å². The average molecular weight is 227 g/mol. The smallest absolute Gasteiger partial charge is 0.239 e. The van der Waals surface area contributed by atoms with E-state index < -0.39 is 0 Å². The molecule has 4 nitrogen and oxygen atoms in total. The van der Waals surface area contributed by atoms with Gasteiger partial charge in [0.2, 0.25) is 5.91 Å². The Morgan fingerprint density at radius 3 is 2.62 bits per heavy atom. The van der Waals surface area contributed by atoms with Crippen LogP contribution in [-0.2, 0) is 4.79 Å². The van der Waals surface area contributed by atoms with E-state index in [2.05, 4.69) is 11.9 Å². The molecule has 0 aromatic rings. The summed E-state index contributed by atoms with van der Waals surface area (Å²) in [5, 5.41) is 0. The summed E-state index contributed by atoms with van der Waals surface area (Å²) in [5.74, 6) is 0.270. The second kappa shape index (κ2) is 5.64. The van der Waals surface area contributed by atoms with Crippen molar-refractivity contribution in [3.05, 3.63) is 0 Å². The Morgan fingerprint density at radius 2 is 2.19 bits per heavy atom. The van der Waals surface area contributed by atoms with Crippen LogP contribution in [0.4, 0.5) is 0 Å². The first kappa shape index (κ1) is 13.5. The Kier molecular flexibility index (Phi) is 4.74. The molecule has 1 saturated heterocycles. The number of likely N-dealkylation sites (N-methyl/N-ethyl adjacent to an activating group) is 2. The minimum absolute atomic E-state index is 0.0651. The van der Waals surface area contributed by atoms with Crippen LogP contribution in [0.2, 0.25) is 0 Å². The second-order valence-corrected chi connectivity index (χ2v) is 5.27. The maximum absolute atomic E-state index is 12.0. The molecule has 1 heterocycles. The van der Waals surface area contributed by atoms with Gasteiger partial charge in [-0.3, -0.25) is 4.79 Å². The van der Waals surface area contributed by atoms with Crippen molar-refractivity contribution in [2.45, 2.75) is 38.8 Å². The van der Waals surface area contributed by atoms with Crippen LogP contribution in [0.1, 0.15) is 26.7 Å². The van der Waals surface area contributed by atoms with Gasteiger partial charge in [-0.1, -0.05) is 13.8 Å². The summed E-state index contributed by atoms with van der Waals surface area (Å²) in [7, 11) is 3.98. The van der Waals surface area contributed by atoms with Gasteiger partial charge in [0.25, 0.3) is 0 Å². The number of hydrogen-bond donors (Lipinski definition) is 1. The lowest BCUT2D eigenvalue weighted by Crippen LogP contribution is -2.48. The van der Waals surface area contributed by atoms with Crippen molar-refractivity contribution >= 4 is 5.91 Å². The fraction of sp³-hybridized carbons (Fsp3) is 0.917. The van der Waals surface area contributed by atoms with Crippen LogP contribution < -0.4 is 5.73 Å². The van der Waals surface area contributed by atoms with Crippen molar-refractivity contribution in [2.75, 3.05) is 27.2 Å². The van der Waals surface area contributed by atoms with Crippen molar-refractivity contribution in [2.24, 2.45) is 11.7 Å². The van der Waals surface area contributed by atoms with Crippen molar-refractivity contribution in [1.82, 2.24) is 9.80 Å². The van der Waals surface area contributed by atoms with Gasteiger partial charge in [-0.25, -0.2) is 0 Å². The molecule has 0 aromatic carbocycles. The van der Waals surface area contributed by atoms with Gasteiger partial charge in [0.05, 0.1) is 6.04 Å². The Bertz CT molecular complexity index is 242. The van der Waals surface area contributed by atoms with Crippen molar-refractivity contribution < 1.29 is 4.79 Å². The van der Waals surface area contributed by atoms with Crippen LogP contribution in [-0.4, -0.2) is 55.0 Å². The van der Waals surface area contributed by atoms with E-state index in [0.717, 1.165) is 13.1 Å². The normalized spacial score (nSPS) is 23.8. The third-order valence-corrected chi connectivity index (χ3v) is 3.54. The van der Waals surface area contributed by atoms with Crippen molar-refractivity contribution in [1.29, 1.82) is 0 Å². The highest BCUT2D eigenvalue weighted by Gasteiger charge is 2.26. The molecule has 0 aliphatic carbocycles. The average Bonchev–Trinajstić information content (AvgIpc) is 2.62. The highest BCUT2D eigenvalue weighted by atomic mass is 16.2. The molecular formula is C12H25N3O. The minimum Gasteiger partial charge on any atom is -0.343 e. The number of rotatable bonds is 4. The van der Waals surface area contributed by atoms with E-state index in [-0.39, 0.29) is 17.9 Å². The fourth-order valence-electron chi connectivity index (χ4n) is 2.16. The zero-order valence-corrected chi connectivity index (χ0v) is 10.9. The number of amides is 1. The molecule has 0 spiro atoms. The summed E-state index contributed by atoms with van der Waals surface area (Å²) in [4.78, 5) is 16.1. The van der Waals surface area contributed by atoms with Gasteiger partial charge in [-0.15, -0.1) is 0 Å². The quantitative estimate of drug-likeness (QED) is 0.762. The van der Waals surface area contributed by atoms with Crippen LogP contribution in [0.3, 0.4) is 0 Å². The van der Waals surface area contributed by atoms with Crippen molar-refractivity contribution in [3.63, 3.8) is 0 Å². The molecule has 0 radical (unpaired) electrons. The summed E-state index contributed by atoms with van der Waals surface area (Å²) in [6.07, 6.45) is 2.42. The molecule has 1 aliphatic rings. The second-order valence-electron chi connectivity index (χ2n) is 5.27. The van der Waals surface area contributed by atoms with E-state index in [1.54, 1.807) is 4.90 Å². The number of likely N-dealkylation sites (tertiary alicyclic amines) is 1. The Hall–Kier alpha value is -0.610. The topological polar surface area (TPSA) is 49.6 Å². The third kappa shape index (κ3) is 3.19. The Labute approximate surface area is 98.8 Å². The molecule has 1 fully saturated rings. The highest BCUT2D eigenvalue weighted by molar-refractivity contribution is 5.81. The lowest BCUT2D eigenvalue weighted by Gasteiger charge is -2.28. The Morgan fingerprint density at radius 1 is 1.56 bits per heavy atom. The fourth-order valence-corrected chi connectivity index (χ4v) is 2.16. The molecule has 4 heteroatoms. The third-order valence-electron chi connectivity index (χ3n) is 3.54. The van der Waals surface area contributed by atoms with Gasteiger partial charge in [0.15, 0.2) is 0 Å². The van der Waals surface area contributed by atoms with Gasteiger partial charge >= 0.3 is 0 Å². The molecule has 2 atom stereocenters. The van der Waals surface area contributed by atoms with E-state index in [1.807, 2.05) is 20.9 Å². The highest BCUT2D eigenvalue weighted by Crippen LogP contribution is 2.16. The number of nitrogens with two attached hydrogens (primary N) is 1. The first-order chi connectivity index (χ1) is 7.43. The predicted molar refractivity (Wildman–Crippen MR) is 66.1 cm³/mol. The molecule has 0 aromatic heterocycles. The summed E-state index contributed by atoms with van der Waals surface area (Å²) < 4.78 is 0. The monoisotopic (exact) mass is 227 g/mol. The van der Waals surface area contributed by atoms with Gasteiger partial charge < -0.3 is 15.5 Å². The molecule has 1 amide bonds. The van der Waals surface area contributed by atoms with Gasteiger partial charge in [-0.05, 0) is 32.4 Å². The maximum Gasteiger partial charge on any atom is 0.239 e. The van der Waals surface area contributed by atoms with E-state index in [1.165, 1.54) is 12.8 Å². The molecule has 16 heavy (non-hydrogen) atoms. The van der Waals surface area contributed by atoms with E-state index >= 15 is 0 Å². The van der Waals surface area contributed by atoms with Crippen LogP contribution >= 0.6 is 0 Å². The van der Waals surface area contributed by atoms with E-state index in [0.29, 0.717) is 6.04 Å². The van der Waals surface area contributed by atoms with Crippen LogP contribution in [0.25, 0.3) is 0 Å². The summed E-state index contributed by atoms with van der Waals surface area (Å²) in [5.41, 5.74) is 5.87. The largest absolute Gasteiger partial charge is 0.343 e. The van der Waals surface area contributed by atoms with Crippen LogP contribution in [0.5, 0.6) is 0 Å². The molecule has 0 saturated carbocycles. The number of carbonyl (C=O) groups excluding carboxylic acids is 1. The van der Waals surface area contributed by atoms with E-state index in [9.17, 15) is 4.79 Å². The minimum atomic E-state index is -0.364. The SMILES string of the molecule is CC(C)[C@H](N)C(=O)N(C)CC1CCCN1C. The molecule has 1 unspecified atom stereocenters. The van der Waals surface area contributed by atoms with Gasteiger partial charge in [0, 0.05) is 19.6 Å². The molecule has 1 rings (SSSR count). The van der Waals surface area contributed by atoms with E-state index in [4.69, 9.17) is 5.73 Å². The standard InChI is InChI=1S/C12H25N3O/c1-9(2)11(13)12(16)15(4)8-10-6-5-7-14(10)3/h9-11H,5-8,13H2,1-4H3/t10?,11-/m0/s1. The number of hydrogen-bond acceptors (Lipinski definition) is 3. The molecular weight excluding hydrogens is 202 g/mol. The van der Waals surface area contributed by atoms with Crippen LogP contribution in [0, 0.1) is 5.92 Å². The van der Waals surface area contributed by atoms with Gasteiger partial charge in [0.1, 0.15) is 0 Å². The lowest BCUT2D eigenvalue weighted by atomic mass is 10.0. The first-order valence-corrected chi connectivity index (χ1v) is 6.14. The first-order valence-electron chi connectivity index (χ1n) is 6.14. The zero-order chi connectivity index (χ0) is 12.3. The predicted octanol–water partition coefficient (Wildman–Crippen LogP) is 0.522. The Balaban J connectivity index is 2.45. The zero-order valence-electron chi connectivity index (χ0n) is 10.9. The summed E-state index contributed by atoms with van der Waals surface area (Å²) >= 11 is 0. The molecule has 0 bridgehead atoms. The summed E-state index contributed by atoms with van der Waals surface area (Å²) in [6.45, 7) is 5.91. The number of carbonyl (C=O) groups is 1. The lowest BCUT2D eigenvalue weighted by molar-refractivity contribution is -0.132. The molecule has 94 valence electrons. The number of nitrogens with zero attached hydrogens (tertiary/aromatic N) is 2. The maximum atomic E-state index is 12.0. The molecule has 2 N–H and O–H groups in total. The molecule has 1 aliphatic heterocycles. The van der Waals surface area contributed by atoms with Crippen LogP contribution in [0.15, 0.2) is 0 Å². The van der Waals surface area contributed by atoms with Gasteiger partial charge in [-0.2, -0.15) is 0 Å².